The number of benzene rings is 6. The summed E-state index contributed by atoms with van der Waals surface area (Å²) in [5, 5.41) is 16.4. The van der Waals surface area contributed by atoms with Gasteiger partial charge in [0.25, 0.3) is 0 Å². The summed E-state index contributed by atoms with van der Waals surface area (Å²) in [6.07, 6.45) is 6.28. The summed E-state index contributed by atoms with van der Waals surface area (Å²) in [6, 6.07) is 55.5. The van der Waals surface area contributed by atoms with E-state index in [1.807, 2.05) is 177 Å². The van der Waals surface area contributed by atoms with Crippen molar-refractivity contribution in [3.8, 4) is 11.5 Å². The Morgan fingerprint density at radius 3 is 1.16 bits per heavy atom. The molecule has 0 aromatic heterocycles. The smallest absolute Gasteiger partial charge is 0.335 e. The maximum absolute atomic E-state index is 13.7. The largest absolute Gasteiger partial charge is 0.478 e. The first-order chi connectivity index (χ1) is 39.4. The standard InChI is InChI=1S/C32H34N4O5.C31H34N4O3.C2H6/c1-35-18-17-21(20-27(35)33)19-26-29(37)36(30(26)41-25-15-13-24(14-16-25)31(38)39)32(40-2)34-28(22-9-5-3-6-10-22)23-11-7-4-8-12-23;1-34-19-18-22(21-27(34)32)20-26-29(36)35(30(26)38-25-16-10-5-11-17-25)31(37-2)33-28(23-12-6-3-7-13-23)24-14-8-4-9-15-24;1-2/h3-17,20,26,28,30,32,34H,18-19,33H2,1-2H3,(H,38,39);3-18,21,26,28,30-31,33H,19-20,32H2,1-2H3;1-2H3/t26-,30?,32?;26-,30?,31?;/m00./s1. The molecule has 0 aliphatic carbocycles. The van der Waals surface area contributed by atoms with E-state index in [0.29, 0.717) is 49.1 Å². The summed E-state index contributed by atoms with van der Waals surface area (Å²) in [7, 11) is 7.01. The Bertz CT molecular complexity index is 3050. The Kier molecular flexibility index (Phi) is 20.2. The highest BCUT2D eigenvalue weighted by Gasteiger charge is 2.54. The van der Waals surface area contributed by atoms with Gasteiger partial charge in [0, 0.05) is 41.4 Å². The van der Waals surface area contributed by atoms with Crippen LogP contribution in [-0.4, -0.2) is 109 Å². The Balaban J connectivity index is 0.000000207. The third kappa shape index (κ3) is 14.2. The molecule has 16 heteroatoms. The lowest BCUT2D eigenvalue weighted by molar-refractivity contribution is -0.213. The summed E-state index contributed by atoms with van der Waals surface area (Å²) < 4.78 is 24.5. The molecule has 2 amide bonds. The number of nitrogens with one attached hydrogen (secondary N) is 2. The molecule has 2 saturated heterocycles. The zero-order valence-electron chi connectivity index (χ0n) is 46.7. The lowest BCUT2D eigenvalue weighted by Gasteiger charge is -2.50. The third-order valence-electron chi connectivity index (χ3n) is 14.6. The van der Waals surface area contributed by atoms with E-state index in [4.69, 9.17) is 30.4 Å². The number of amides is 2. The number of hydrogen-bond acceptors (Lipinski definition) is 13. The first-order valence-electron chi connectivity index (χ1n) is 27.3. The Morgan fingerprint density at radius 2 is 0.852 bits per heavy atom. The van der Waals surface area contributed by atoms with Gasteiger partial charge in [0.05, 0.1) is 41.1 Å². The number of nitrogens with two attached hydrogens (primary N) is 2. The molecule has 10 rings (SSSR count). The van der Waals surface area contributed by atoms with Crippen molar-refractivity contribution >= 4 is 17.8 Å². The average molecular weight is 1100 g/mol. The fourth-order valence-corrected chi connectivity index (χ4v) is 10.1. The number of nitrogens with zero attached hydrogens (tertiary/aromatic N) is 4. The summed E-state index contributed by atoms with van der Waals surface area (Å²) in [5.41, 5.74) is 18.6. The molecule has 4 aliphatic rings. The van der Waals surface area contributed by atoms with E-state index in [1.165, 1.54) is 12.1 Å². The summed E-state index contributed by atoms with van der Waals surface area (Å²) in [4.78, 5) is 45.9. The van der Waals surface area contributed by atoms with Crippen LogP contribution in [0, 0.1) is 11.8 Å². The van der Waals surface area contributed by atoms with Gasteiger partial charge in [0.2, 0.25) is 11.8 Å². The SMILES string of the molecule is CC.COC(NC(c1ccccc1)c1ccccc1)N1C(=O)[C@H](CC2=CCN(C)C(N)=C2)C1Oc1ccc(C(=O)O)cc1.COC(NC(c1ccccc1)c1ccccc1)N1C(=O)[C@H](CC2=CCN(C)C(N)=C2)C1Oc1ccccc1. The van der Waals surface area contributed by atoms with E-state index in [9.17, 15) is 19.5 Å². The van der Waals surface area contributed by atoms with E-state index >= 15 is 0 Å². The monoisotopic (exact) mass is 1090 g/mol. The lowest BCUT2D eigenvalue weighted by Crippen LogP contribution is -2.70. The molecule has 0 saturated carbocycles. The zero-order chi connectivity index (χ0) is 57.4. The molecule has 4 aliphatic heterocycles. The molecular weight excluding hydrogens is 1020 g/mol. The van der Waals surface area contributed by atoms with Crippen molar-refractivity contribution < 1.29 is 38.4 Å². The van der Waals surface area contributed by atoms with Gasteiger partial charge in [-0.3, -0.25) is 30.0 Å². The van der Waals surface area contributed by atoms with Gasteiger partial charge >= 0.3 is 5.97 Å². The molecule has 4 unspecified atom stereocenters. The highest BCUT2D eigenvalue weighted by molar-refractivity contribution is 5.88. The van der Waals surface area contributed by atoms with Crippen molar-refractivity contribution in [1.29, 1.82) is 0 Å². The van der Waals surface area contributed by atoms with Crippen LogP contribution in [0.2, 0.25) is 0 Å². The van der Waals surface area contributed by atoms with Gasteiger partial charge in [0.15, 0.2) is 25.2 Å². The van der Waals surface area contributed by atoms with Crippen molar-refractivity contribution in [1.82, 2.24) is 30.2 Å². The van der Waals surface area contributed by atoms with Crippen molar-refractivity contribution in [2.75, 3.05) is 41.4 Å². The zero-order valence-corrected chi connectivity index (χ0v) is 46.7. The summed E-state index contributed by atoms with van der Waals surface area (Å²) >= 11 is 0. The van der Waals surface area contributed by atoms with Crippen LogP contribution in [-0.2, 0) is 19.1 Å². The van der Waals surface area contributed by atoms with E-state index < -0.39 is 37.0 Å². The second-order valence-electron chi connectivity index (χ2n) is 19.7. The number of para-hydroxylation sites is 1. The highest BCUT2D eigenvalue weighted by Crippen LogP contribution is 2.39. The van der Waals surface area contributed by atoms with Crippen LogP contribution in [0.3, 0.4) is 0 Å². The van der Waals surface area contributed by atoms with Crippen molar-refractivity contribution in [2.45, 2.75) is 63.9 Å². The van der Waals surface area contributed by atoms with E-state index in [0.717, 1.165) is 33.4 Å². The average Bonchev–Trinajstić information content (AvgIpc) is 3.57. The molecule has 0 radical (unpaired) electrons. The van der Waals surface area contributed by atoms with Gasteiger partial charge in [-0.25, -0.2) is 4.79 Å². The molecule has 0 spiro atoms. The predicted octanol–water partition coefficient (Wildman–Crippen LogP) is 9.17. The summed E-state index contributed by atoms with van der Waals surface area (Å²) in [6.45, 7) is 5.37. The minimum Gasteiger partial charge on any atom is -0.478 e. The maximum Gasteiger partial charge on any atom is 0.335 e. The Hall–Kier alpha value is -8.67. The molecule has 7 N–H and O–H groups in total. The van der Waals surface area contributed by atoms with Crippen LogP contribution >= 0.6 is 0 Å². The van der Waals surface area contributed by atoms with Crippen LogP contribution in [0.5, 0.6) is 11.5 Å². The molecule has 0 bridgehead atoms. The minimum absolute atomic E-state index is 0.0306. The van der Waals surface area contributed by atoms with E-state index in [-0.39, 0.29) is 35.4 Å². The number of methoxy groups -OCH3 is 2. The van der Waals surface area contributed by atoms with Gasteiger partial charge in [-0.1, -0.05) is 166 Å². The van der Waals surface area contributed by atoms with Gasteiger partial charge in [-0.2, -0.15) is 0 Å². The van der Waals surface area contributed by atoms with Crippen LogP contribution in [0.1, 0.15) is 71.4 Å². The molecule has 16 nitrogen and oxygen atoms in total. The fourth-order valence-electron chi connectivity index (χ4n) is 10.1. The molecule has 6 aromatic carbocycles. The highest BCUT2D eigenvalue weighted by atomic mass is 16.6. The van der Waals surface area contributed by atoms with Crippen molar-refractivity contribution in [2.24, 2.45) is 23.3 Å². The first kappa shape index (κ1) is 58.5. The second kappa shape index (κ2) is 28.0. The molecule has 422 valence electrons. The van der Waals surface area contributed by atoms with Crippen LogP contribution in [0.15, 0.2) is 223 Å². The van der Waals surface area contributed by atoms with E-state index in [2.05, 4.69) is 47.1 Å². The summed E-state index contributed by atoms with van der Waals surface area (Å²) in [5.74, 6) is 0.455. The molecule has 4 heterocycles. The molecule has 6 aromatic rings. The molecule has 2 fully saturated rings. The van der Waals surface area contributed by atoms with Crippen LogP contribution in [0.4, 0.5) is 0 Å². The number of carboxylic acid groups (broad SMARTS) is 1. The Morgan fingerprint density at radius 1 is 0.531 bits per heavy atom. The topological polar surface area (TPSA) is 197 Å². The van der Waals surface area contributed by atoms with Crippen molar-refractivity contribution in [3.63, 3.8) is 0 Å². The van der Waals surface area contributed by atoms with E-state index in [1.54, 1.807) is 36.2 Å². The van der Waals surface area contributed by atoms with Gasteiger partial charge in [0.1, 0.15) is 11.5 Å². The Labute approximate surface area is 475 Å². The minimum atomic E-state index is -1.02. The lowest BCUT2D eigenvalue weighted by atomic mass is 9.87. The number of aromatic carboxylic acids is 1. The molecule has 6 atom stereocenters. The number of carbonyl (C=O) groups excluding carboxylic acids is 2. The number of likely N-dealkylation sites (tertiary alicyclic amines) is 2. The number of carbonyl (C=O) groups is 3. The van der Waals surface area contributed by atoms with Gasteiger partial charge in [-0.05, 0) is 94.8 Å². The van der Waals surface area contributed by atoms with Gasteiger partial charge < -0.3 is 45.3 Å². The maximum atomic E-state index is 13.7. The third-order valence-corrected chi connectivity index (χ3v) is 14.6. The number of hydrogen-bond donors (Lipinski definition) is 5. The predicted molar refractivity (Wildman–Crippen MR) is 313 cm³/mol. The molecule has 81 heavy (non-hydrogen) atoms. The first-order valence-corrected chi connectivity index (χ1v) is 27.3. The number of allylic oxidation sites excluding steroid dienone is 4. The quantitative estimate of drug-likeness (QED) is 0.0338. The number of rotatable bonds is 21. The van der Waals surface area contributed by atoms with Crippen LogP contribution in [0.25, 0.3) is 0 Å². The number of ether oxygens (including phenoxy) is 4. The van der Waals surface area contributed by atoms with Crippen LogP contribution < -0.4 is 31.6 Å². The van der Waals surface area contributed by atoms with Gasteiger partial charge in [-0.15, -0.1) is 0 Å². The normalized spacial score (nSPS) is 19.3. The van der Waals surface area contributed by atoms with Crippen molar-refractivity contribution in [3.05, 3.63) is 251 Å². The molecular formula is C65H74N8O8. The fraction of sp³-hybridized carbons (Fsp3) is 0.277. The number of likely N-dealkylation sites (N-methyl/N-ethyl adjacent to an activating group) is 2. The number of carboxylic acids is 1. The second-order valence-corrected chi connectivity index (χ2v) is 19.7. The number of β-lactam (4-membered cyclic amide) rings is 2.